The van der Waals surface area contributed by atoms with Gasteiger partial charge in [0.25, 0.3) is 0 Å². The first-order valence-corrected chi connectivity index (χ1v) is 7.09. The minimum Gasteiger partial charge on any atom is -0.444 e. The average Bonchev–Trinajstić information content (AvgIpc) is 3.13. The van der Waals surface area contributed by atoms with E-state index in [1.165, 1.54) is 12.8 Å². The van der Waals surface area contributed by atoms with Gasteiger partial charge in [-0.25, -0.2) is 4.79 Å². The predicted molar refractivity (Wildman–Crippen MR) is 74.7 cm³/mol. The molecule has 1 unspecified atom stereocenters. The first kappa shape index (κ1) is 14.2. The summed E-state index contributed by atoms with van der Waals surface area (Å²) in [4.78, 5) is 16.1. The summed E-state index contributed by atoms with van der Waals surface area (Å²) in [6.07, 6.45) is 7.92. The molecule has 0 N–H and O–H groups in total. The number of rotatable bonds is 2. The van der Waals surface area contributed by atoms with Crippen molar-refractivity contribution in [3.63, 3.8) is 0 Å². The summed E-state index contributed by atoms with van der Waals surface area (Å²) in [6.45, 7) is 8.79. The fraction of sp³-hybridized carbons (Fsp3) is 0.800. The number of hydrogen-bond acceptors (Lipinski definition) is 3. The molecule has 0 aromatic rings. The summed E-state index contributed by atoms with van der Waals surface area (Å²) < 4.78 is 5.39. The van der Waals surface area contributed by atoms with E-state index in [2.05, 4.69) is 10.8 Å². The Labute approximate surface area is 116 Å². The van der Waals surface area contributed by atoms with Crippen molar-refractivity contribution in [2.75, 3.05) is 26.2 Å². The zero-order valence-electron chi connectivity index (χ0n) is 12.2. The largest absolute Gasteiger partial charge is 0.444 e. The third-order valence-electron chi connectivity index (χ3n) is 3.60. The van der Waals surface area contributed by atoms with Crippen LogP contribution in [-0.2, 0) is 4.74 Å². The number of piperazine rings is 1. The van der Waals surface area contributed by atoms with E-state index in [4.69, 9.17) is 11.2 Å². The monoisotopic (exact) mass is 264 g/mol. The molecule has 4 nitrogen and oxygen atoms in total. The van der Waals surface area contributed by atoms with Gasteiger partial charge in [0, 0.05) is 26.2 Å². The minimum absolute atomic E-state index is 0.212. The van der Waals surface area contributed by atoms with Gasteiger partial charge in [0.1, 0.15) is 5.60 Å². The lowest BCUT2D eigenvalue weighted by Gasteiger charge is -2.38. The van der Waals surface area contributed by atoms with Crippen molar-refractivity contribution in [1.29, 1.82) is 0 Å². The summed E-state index contributed by atoms with van der Waals surface area (Å²) >= 11 is 0. The zero-order valence-corrected chi connectivity index (χ0v) is 12.2. The first-order chi connectivity index (χ1) is 8.90. The molecule has 0 aromatic heterocycles. The highest BCUT2D eigenvalue weighted by atomic mass is 16.6. The van der Waals surface area contributed by atoms with E-state index >= 15 is 0 Å². The molecule has 0 spiro atoms. The van der Waals surface area contributed by atoms with Crippen LogP contribution in [0.5, 0.6) is 0 Å². The fourth-order valence-electron chi connectivity index (χ4n) is 2.46. The lowest BCUT2D eigenvalue weighted by Crippen LogP contribution is -2.53. The second-order valence-electron chi connectivity index (χ2n) is 6.45. The summed E-state index contributed by atoms with van der Waals surface area (Å²) in [5.41, 5.74) is -0.427. The van der Waals surface area contributed by atoms with E-state index in [0.29, 0.717) is 19.0 Å². The Morgan fingerprint density at radius 3 is 2.26 bits per heavy atom. The molecule has 2 rings (SSSR count). The van der Waals surface area contributed by atoms with E-state index in [1.807, 2.05) is 20.8 Å². The van der Waals surface area contributed by atoms with Crippen molar-refractivity contribution < 1.29 is 9.53 Å². The highest BCUT2D eigenvalue weighted by Crippen LogP contribution is 2.35. The van der Waals surface area contributed by atoms with Crippen LogP contribution in [0.3, 0.4) is 0 Å². The molecule has 1 saturated heterocycles. The number of carbonyl (C=O) groups excluding carboxylic acids is 1. The van der Waals surface area contributed by atoms with Crippen LogP contribution in [0.2, 0.25) is 0 Å². The third kappa shape index (κ3) is 3.87. The summed E-state index contributed by atoms with van der Waals surface area (Å²) in [5.74, 6) is 3.59. The van der Waals surface area contributed by atoms with Crippen LogP contribution in [0.25, 0.3) is 0 Å². The molecule has 0 radical (unpaired) electrons. The van der Waals surface area contributed by atoms with E-state index in [9.17, 15) is 4.79 Å². The van der Waals surface area contributed by atoms with Crippen molar-refractivity contribution in [3.8, 4) is 12.3 Å². The van der Waals surface area contributed by atoms with Gasteiger partial charge in [-0.15, -0.1) is 6.42 Å². The Morgan fingerprint density at radius 1 is 1.26 bits per heavy atom. The van der Waals surface area contributed by atoms with Crippen LogP contribution in [0.4, 0.5) is 4.79 Å². The molecular weight excluding hydrogens is 240 g/mol. The van der Waals surface area contributed by atoms with Crippen LogP contribution in [0.1, 0.15) is 33.6 Å². The van der Waals surface area contributed by atoms with Gasteiger partial charge < -0.3 is 9.64 Å². The van der Waals surface area contributed by atoms with E-state index in [0.717, 1.165) is 13.1 Å². The molecule has 1 atom stereocenters. The van der Waals surface area contributed by atoms with Crippen LogP contribution in [0, 0.1) is 18.3 Å². The Bertz CT molecular complexity index is 369. The fourth-order valence-corrected chi connectivity index (χ4v) is 2.46. The molecule has 0 bridgehead atoms. The van der Waals surface area contributed by atoms with Crippen LogP contribution >= 0.6 is 0 Å². The maximum absolute atomic E-state index is 12.0. The molecule has 2 fully saturated rings. The normalized spacial score (nSPS) is 22.7. The Morgan fingerprint density at radius 2 is 1.84 bits per heavy atom. The third-order valence-corrected chi connectivity index (χ3v) is 3.60. The van der Waals surface area contributed by atoms with Crippen molar-refractivity contribution >= 4 is 6.09 Å². The molecular formula is C15H24N2O2. The average molecular weight is 264 g/mol. The highest BCUT2D eigenvalue weighted by Gasteiger charge is 2.36. The molecule has 1 saturated carbocycles. The quantitative estimate of drug-likeness (QED) is 0.715. The molecule has 4 heteroatoms. The smallest absolute Gasteiger partial charge is 0.410 e. The standard InChI is InChI=1S/C15H24N2O2/c1-5-13(12-6-7-12)16-8-10-17(11-9-16)14(18)19-15(2,3)4/h1,12-13H,6-11H2,2-4H3. The van der Waals surface area contributed by atoms with E-state index in [-0.39, 0.29) is 12.1 Å². The predicted octanol–water partition coefficient (Wildman–Crippen LogP) is 1.95. The molecule has 1 aliphatic heterocycles. The minimum atomic E-state index is -0.427. The molecule has 0 aromatic carbocycles. The molecule has 1 aliphatic carbocycles. The number of terminal acetylenes is 1. The number of amides is 1. The van der Waals surface area contributed by atoms with Gasteiger partial charge in [0.2, 0.25) is 0 Å². The lowest BCUT2D eigenvalue weighted by atomic mass is 10.1. The van der Waals surface area contributed by atoms with Gasteiger partial charge in [-0.3, -0.25) is 4.90 Å². The van der Waals surface area contributed by atoms with Crippen molar-refractivity contribution in [2.45, 2.75) is 45.3 Å². The van der Waals surface area contributed by atoms with E-state index < -0.39 is 5.60 Å². The van der Waals surface area contributed by atoms with Crippen LogP contribution in [0.15, 0.2) is 0 Å². The van der Waals surface area contributed by atoms with Gasteiger partial charge in [0.15, 0.2) is 0 Å². The maximum atomic E-state index is 12.0. The molecule has 1 amide bonds. The topological polar surface area (TPSA) is 32.8 Å². The summed E-state index contributed by atoms with van der Waals surface area (Å²) in [7, 11) is 0. The first-order valence-electron chi connectivity index (χ1n) is 7.09. The summed E-state index contributed by atoms with van der Waals surface area (Å²) in [6, 6.07) is 0.265. The second kappa shape index (κ2) is 5.42. The number of hydrogen-bond donors (Lipinski definition) is 0. The van der Waals surface area contributed by atoms with Crippen molar-refractivity contribution in [2.24, 2.45) is 5.92 Å². The Hall–Kier alpha value is -1.21. The van der Waals surface area contributed by atoms with Gasteiger partial charge in [-0.2, -0.15) is 0 Å². The van der Waals surface area contributed by atoms with Crippen LogP contribution < -0.4 is 0 Å². The Balaban J connectivity index is 1.82. The molecule has 19 heavy (non-hydrogen) atoms. The van der Waals surface area contributed by atoms with Gasteiger partial charge in [-0.05, 0) is 39.5 Å². The zero-order chi connectivity index (χ0) is 14.0. The van der Waals surface area contributed by atoms with Crippen LogP contribution in [-0.4, -0.2) is 53.7 Å². The van der Waals surface area contributed by atoms with Crippen molar-refractivity contribution in [1.82, 2.24) is 9.80 Å². The summed E-state index contributed by atoms with van der Waals surface area (Å²) in [5, 5.41) is 0. The molecule has 106 valence electrons. The maximum Gasteiger partial charge on any atom is 0.410 e. The Kier molecular flexibility index (Phi) is 4.05. The van der Waals surface area contributed by atoms with Gasteiger partial charge in [-0.1, -0.05) is 5.92 Å². The van der Waals surface area contributed by atoms with Gasteiger partial charge in [0.05, 0.1) is 6.04 Å². The number of nitrogens with zero attached hydrogens (tertiary/aromatic N) is 2. The number of carbonyl (C=O) groups is 1. The molecule has 1 heterocycles. The molecule has 2 aliphatic rings. The SMILES string of the molecule is C#CC(C1CC1)N1CCN(C(=O)OC(C)(C)C)CC1. The van der Waals surface area contributed by atoms with E-state index in [1.54, 1.807) is 4.90 Å². The highest BCUT2D eigenvalue weighted by molar-refractivity contribution is 5.68. The van der Waals surface area contributed by atoms with Crippen molar-refractivity contribution in [3.05, 3.63) is 0 Å². The lowest BCUT2D eigenvalue weighted by molar-refractivity contribution is 0.0119. The van der Waals surface area contributed by atoms with Gasteiger partial charge >= 0.3 is 6.09 Å². The number of ether oxygens (including phenoxy) is 1. The second-order valence-corrected chi connectivity index (χ2v) is 6.45.